The molecule has 0 fully saturated rings. The summed E-state index contributed by atoms with van der Waals surface area (Å²) in [6, 6.07) is 76.9. The largest absolute Gasteiger partial charge is 1.00 e. The second kappa shape index (κ2) is 32.6. The van der Waals surface area contributed by atoms with Crippen LogP contribution in [0.4, 0.5) is 0 Å². The third-order valence-electron chi connectivity index (χ3n) is 17.6. The third-order valence-corrected chi connectivity index (χ3v) is 17.6. The zero-order valence-corrected chi connectivity index (χ0v) is 65.4. The number of halogens is 2. The van der Waals surface area contributed by atoms with Gasteiger partial charge in [-0.1, -0.05) is 282 Å². The molecule has 0 N–H and O–H groups in total. The van der Waals surface area contributed by atoms with Crippen molar-refractivity contribution in [2.75, 3.05) is 0 Å². The smallest absolute Gasteiger partial charge is 1.00 e. The first-order valence-electron chi connectivity index (χ1n) is 32.3. The summed E-state index contributed by atoms with van der Waals surface area (Å²) in [6.07, 6.45) is 0. The second-order valence-electron chi connectivity index (χ2n) is 29.4. The average molecular weight is 1410 g/mol. The Morgan fingerprint density at radius 2 is 0.554 bits per heavy atom. The summed E-state index contributed by atoms with van der Waals surface area (Å²) in [4.78, 5) is 0. The van der Waals surface area contributed by atoms with E-state index in [9.17, 15) is 0 Å². The van der Waals surface area contributed by atoms with Crippen molar-refractivity contribution in [3.8, 4) is 44.5 Å². The predicted molar refractivity (Wildman–Crippen MR) is 396 cm³/mol. The van der Waals surface area contributed by atoms with Gasteiger partial charge in [-0.3, -0.25) is 0 Å². The van der Waals surface area contributed by atoms with Gasteiger partial charge < -0.3 is 24.8 Å². The van der Waals surface area contributed by atoms with Crippen molar-refractivity contribution < 1.29 is 73.3 Å². The fourth-order valence-electron chi connectivity index (χ4n) is 12.0. The topological polar surface area (TPSA) is 0 Å². The molecular weight excluding hydrogens is 1310 g/mol. The van der Waals surface area contributed by atoms with Crippen molar-refractivity contribution in [1.29, 1.82) is 0 Å². The normalized spacial score (nSPS) is 11.5. The summed E-state index contributed by atoms with van der Waals surface area (Å²) in [5.74, 6) is 1.15. The van der Waals surface area contributed by atoms with Gasteiger partial charge in [0.1, 0.15) is 0 Å². The molecule has 12 aromatic rings. The summed E-state index contributed by atoms with van der Waals surface area (Å²) in [6.45, 7) is 44.8. The fourth-order valence-corrected chi connectivity index (χ4v) is 12.0. The van der Waals surface area contributed by atoms with Gasteiger partial charge in [0.25, 0.3) is 0 Å². The molecule has 0 spiro atoms. The van der Waals surface area contributed by atoms with E-state index in [4.69, 9.17) is 0 Å². The zero-order chi connectivity index (χ0) is 66.2. The summed E-state index contributed by atoms with van der Waals surface area (Å²) >= 11 is 2.60. The van der Waals surface area contributed by atoms with Crippen molar-refractivity contribution in [2.45, 2.75) is 172 Å². The molecule has 0 atom stereocenters. The van der Waals surface area contributed by atoms with Gasteiger partial charge in [0.15, 0.2) is 0 Å². The quantitative estimate of drug-likeness (QED) is 0.146. The number of rotatable bonds is 6. The van der Waals surface area contributed by atoms with E-state index >= 15 is 0 Å². The Hall–Kier alpha value is -5.71. The molecule has 12 aromatic carbocycles. The molecule has 0 unspecified atom stereocenters. The van der Waals surface area contributed by atoms with E-state index in [1.807, 2.05) is 0 Å². The molecule has 0 bridgehead atoms. The standard InChI is InChI=1S/2C22H25.2C21H23.2CH2.2ClH.2Zr/c2*1-15(2)18-13-17-7-6-8-20(21(17)14-18)16-9-11-19(12-10-16)22(3,4)5;2*1-14-12-19-15(2)6-11-18(20(19)13-14)16-7-9-17(10-8-16)21(3,4)5;;;;;;/h2*6-15H,1-5H3;2*6-13H,1-5H3;2*1H2;2*1H;;/q4*-1;;;;;2*+2/p-2. The molecule has 4 heteroatoms. The third kappa shape index (κ3) is 18.8. The van der Waals surface area contributed by atoms with E-state index in [1.165, 1.54) is 192 Å². The Bertz CT molecular complexity index is 4010. The fraction of sp³-hybridized carbons (Fsp3) is 0.295. The van der Waals surface area contributed by atoms with E-state index < -0.39 is 0 Å². The monoisotopic (exact) mass is 1410 g/mol. The van der Waals surface area contributed by atoms with Gasteiger partial charge >= 0.3 is 56.9 Å². The summed E-state index contributed by atoms with van der Waals surface area (Å²) in [7, 11) is 0. The Morgan fingerprint density at radius 3 is 0.793 bits per heavy atom. The van der Waals surface area contributed by atoms with E-state index in [0.717, 1.165) is 0 Å². The Kier molecular flexibility index (Phi) is 27.3. The van der Waals surface area contributed by atoms with Crippen LogP contribution in [0.15, 0.2) is 206 Å². The molecule has 0 aliphatic rings. The van der Waals surface area contributed by atoms with Crippen LogP contribution in [0.2, 0.25) is 0 Å². The maximum absolute atomic E-state index is 3.34. The van der Waals surface area contributed by atoms with Gasteiger partial charge in [-0.25, -0.2) is 0 Å². The van der Waals surface area contributed by atoms with Crippen molar-refractivity contribution in [1.82, 2.24) is 0 Å². The van der Waals surface area contributed by atoms with E-state index in [2.05, 4.69) is 353 Å². The van der Waals surface area contributed by atoms with Crippen LogP contribution in [-0.2, 0) is 70.1 Å². The van der Waals surface area contributed by atoms with Gasteiger partial charge in [0.2, 0.25) is 0 Å². The molecule has 0 aliphatic carbocycles. The van der Waals surface area contributed by atoms with Crippen molar-refractivity contribution >= 4 is 51.5 Å². The molecule has 0 aromatic heterocycles. The van der Waals surface area contributed by atoms with Crippen LogP contribution < -0.4 is 24.8 Å². The first-order chi connectivity index (χ1) is 42.4. The SMILES string of the molecule is CC(C)c1cc2c(-c3ccc(C(C)(C)C)cc3)cccc2[cH-]1.CC(C)c1cc2c(-c3ccc(C(C)(C)C)cc3)cccc2[cH-]1.Cc1cc2c(-c3ccc(C(C)(C)C)cc3)ccc(C)c2[cH-]1.Cc1cc2c(-c3ccc(C(C)(C)C)cc3)ccc(C)c2[cH-]1.[CH2]=[Zr+2].[CH2]=[Zr+2].[Cl-].[Cl-]. The molecule has 92 heavy (non-hydrogen) atoms. The van der Waals surface area contributed by atoms with Gasteiger partial charge in [-0.15, -0.1) is 137 Å². The van der Waals surface area contributed by atoms with Crippen LogP contribution in [0, 0.1) is 27.7 Å². The number of aryl methyl sites for hydroxylation is 4. The first-order valence-corrected chi connectivity index (χ1v) is 35.8. The molecule has 12 rings (SSSR count). The Morgan fingerprint density at radius 1 is 0.304 bits per heavy atom. The molecular formula is C88H100Cl2Zr2-2. The molecule has 0 heterocycles. The van der Waals surface area contributed by atoms with E-state index in [1.54, 1.807) is 0 Å². The van der Waals surface area contributed by atoms with Crippen LogP contribution in [0.1, 0.15) is 178 Å². The summed E-state index contributed by atoms with van der Waals surface area (Å²) < 4.78 is 6.68. The number of hydrogen-bond donors (Lipinski definition) is 0. The molecule has 0 amide bonds. The van der Waals surface area contributed by atoms with E-state index in [-0.39, 0.29) is 46.5 Å². The van der Waals surface area contributed by atoms with Crippen LogP contribution in [0.5, 0.6) is 0 Å². The predicted octanol–water partition coefficient (Wildman–Crippen LogP) is 19.5. The van der Waals surface area contributed by atoms with Crippen LogP contribution in [0.3, 0.4) is 0 Å². The molecule has 0 saturated carbocycles. The van der Waals surface area contributed by atoms with Gasteiger partial charge in [-0.2, -0.15) is 24.3 Å². The molecule has 0 saturated heterocycles. The number of benzene rings is 8. The molecule has 0 nitrogen and oxygen atoms in total. The summed E-state index contributed by atoms with van der Waals surface area (Å²) in [5, 5.41) is 10.9. The molecule has 0 radical (unpaired) electrons. The van der Waals surface area contributed by atoms with Crippen LogP contribution >= 0.6 is 0 Å². The van der Waals surface area contributed by atoms with Crippen molar-refractivity contribution in [3.05, 3.63) is 262 Å². The minimum atomic E-state index is 0. The van der Waals surface area contributed by atoms with Crippen molar-refractivity contribution in [2.24, 2.45) is 0 Å². The zero-order valence-electron chi connectivity index (χ0n) is 59.0. The van der Waals surface area contributed by atoms with Crippen molar-refractivity contribution in [3.63, 3.8) is 0 Å². The minimum Gasteiger partial charge on any atom is -1.00 e. The maximum atomic E-state index is 3.34. The minimum absolute atomic E-state index is 0. The maximum Gasteiger partial charge on any atom is -1.00 e. The second-order valence-corrected chi connectivity index (χ2v) is 29.4. The van der Waals surface area contributed by atoms with Crippen LogP contribution in [0.25, 0.3) is 87.6 Å². The van der Waals surface area contributed by atoms with Gasteiger partial charge in [0, 0.05) is 0 Å². The van der Waals surface area contributed by atoms with E-state index in [0.29, 0.717) is 11.8 Å². The number of fused-ring (bicyclic) bond motifs is 4. The Labute approximate surface area is 597 Å². The molecule has 476 valence electrons. The van der Waals surface area contributed by atoms with Crippen LogP contribution in [-0.4, -0.2) is 8.42 Å². The molecule has 0 aliphatic heterocycles. The van der Waals surface area contributed by atoms with Gasteiger partial charge in [-0.05, 0) is 78.0 Å². The average Bonchev–Trinajstić information content (AvgIpc) is 1.59. The number of hydrogen-bond acceptors (Lipinski definition) is 0. The Balaban J connectivity index is 0.000000217. The first kappa shape index (κ1) is 77.0. The van der Waals surface area contributed by atoms with Gasteiger partial charge in [0.05, 0.1) is 0 Å². The summed E-state index contributed by atoms with van der Waals surface area (Å²) in [5.41, 5.74) is 25.2.